The van der Waals surface area contributed by atoms with Crippen molar-refractivity contribution < 1.29 is 33.2 Å². The number of hydrogen-bond acceptors (Lipinski definition) is 7. The second-order valence-electron chi connectivity index (χ2n) is 9.55. The van der Waals surface area contributed by atoms with Crippen molar-refractivity contribution in [2.24, 2.45) is 0 Å². The lowest BCUT2D eigenvalue weighted by molar-refractivity contribution is -0.385. The molecule has 2 aromatic rings. The van der Waals surface area contributed by atoms with Crippen molar-refractivity contribution in [1.82, 2.24) is 9.37 Å². The van der Waals surface area contributed by atoms with Gasteiger partial charge in [-0.05, 0) is 52.7 Å². The maximum atomic E-state index is 13.4. The molecule has 36 heavy (non-hydrogen) atoms. The van der Waals surface area contributed by atoms with E-state index < -0.39 is 62.0 Å². The molecule has 0 bridgehead atoms. The van der Waals surface area contributed by atoms with Gasteiger partial charge in [0.15, 0.2) is 0 Å². The quantitative estimate of drug-likeness (QED) is 0.334. The van der Waals surface area contributed by atoms with Crippen LogP contribution in [-0.4, -0.2) is 69.3 Å². The van der Waals surface area contributed by atoms with E-state index in [0.29, 0.717) is 4.47 Å². The first-order valence-corrected chi connectivity index (χ1v) is 12.8. The van der Waals surface area contributed by atoms with Gasteiger partial charge in [-0.1, -0.05) is 40.9 Å². The summed E-state index contributed by atoms with van der Waals surface area (Å²) in [5.41, 5.74) is -0.600. The largest absolute Gasteiger partial charge is 0.465 e. The van der Waals surface area contributed by atoms with Gasteiger partial charge in [-0.3, -0.25) is 19.9 Å². The van der Waals surface area contributed by atoms with Crippen LogP contribution < -0.4 is 0 Å². The Labute approximate surface area is 211 Å². The molecule has 0 unspecified atom stereocenters. The Balaban J connectivity index is 2.50. The second-order valence-corrected chi connectivity index (χ2v) is 11.4. The maximum Gasteiger partial charge on any atom is 0.408 e. The van der Waals surface area contributed by atoms with Gasteiger partial charge in [0.2, 0.25) is 0 Å². The fourth-order valence-corrected chi connectivity index (χ4v) is 5.15. The fourth-order valence-electron chi connectivity index (χ4n) is 3.76. The number of nitrogens with zero attached hydrogens (tertiary/aromatic N) is 3. The number of carbonyl (C=O) groups is 1. The Kier molecular flexibility index (Phi) is 9.55. The molecule has 198 valence electrons. The molecule has 2 rings (SSSR count). The van der Waals surface area contributed by atoms with Crippen LogP contribution >= 0.6 is 0 Å². The summed E-state index contributed by atoms with van der Waals surface area (Å²) in [4.78, 5) is 28.9. The minimum absolute atomic E-state index is 0.109. The Hall–Kier alpha value is -3.06. The van der Waals surface area contributed by atoms with Gasteiger partial charge in [0, 0.05) is 17.7 Å². The summed E-state index contributed by atoms with van der Waals surface area (Å²) in [6.45, 7) is 7.59. The molecule has 0 saturated carbocycles. The van der Waals surface area contributed by atoms with E-state index in [-0.39, 0.29) is 6.42 Å². The number of aliphatic hydroxyl groups is 1. The summed E-state index contributed by atoms with van der Waals surface area (Å²) in [6.07, 6.45) is -3.30. The number of benzene rings is 2. The van der Waals surface area contributed by atoms with Gasteiger partial charge >= 0.3 is 6.09 Å². The molecule has 11 nitrogen and oxygen atoms in total. The highest BCUT2D eigenvalue weighted by Gasteiger charge is 2.40. The molecule has 2 N–H and O–H groups in total. The van der Waals surface area contributed by atoms with Gasteiger partial charge in [0.05, 0.1) is 34.6 Å². The number of sulfonamides is 1. The lowest BCUT2D eigenvalue weighted by atomic mass is 9.95. The molecule has 0 aliphatic carbocycles. The average molecular weight is 524 g/mol. The predicted molar refractivity (Wildman–Crippen MR) is 133 cm³/mol. The zero-order valence-corrected chi connectivity index (χ0v) is 21.8. The molecule has 0 aromatic heterocycles. The Morgan fingerprint density at radius 3 is 2.22 bits per heavy atom. The molecular formula is C24H33N3O8S. The molecule has 1 amide bonds. The molecule has 2 aromatic carbocycles. The summed E-state index contributed by atoms with van der Waals surface area (Å²) in [6, 6.07) is 12.4. The zero-order chi connectivity index (χ0) is 27.3. The fraction of sp³-hybridized carbons (Fsp3) is 0.458. The highest BCUT2D eigenvalue weighted by Crippen LogP contribution is 2.26. The van der Waals surface area contributed by atoms with Crippen molar-refractivity contribution in [2.45, 2.75) is 69.7 Å². The summed E-state index contributed by atoms with van der Waals surface area (Å²) >= 11 is 0. The van der Waals surface area contributed by atoms with E-state index in [1.165, 1.54) is 12.1 Å². The number of aliphatic hydroxyl groups excluding tert-OH is 1. The monoisotopic (exact) mass is 523 g/mol. The van der Waals surface area contributed by atoms with Gasteiger partial charge in [0.1, 0.15) is 0 Å². The molecule has 0 radical (unpaired) electrons. The average Bonchev–Trinajstić information content (AvgIpc) is 2.77. The lowest BCUT2D eigenvalue weighted by Crippen LogP contribution is -2.58. The van der Waals surface area contributed by atoms with Crippen molar-refractivity contribution in [3.8, 4) is 0 Å². The molecule has 0 saturated heterocycles. The van der Waals surface area contributed by atoms with E-state index in [1.807, 2.05) is 0 Å². The van der Waals surface area contributed by atoms with Gasteiger partial charge in [-0.25, -0.2) is 13.2 Å². The van der Waals surface area contributed by atoms with Crippen LogP contribution in [0.15, 0.2) is 59.5 Å². The van der Waals surface area contributed by atoms with Crippen molar-refractivity contribution in [3.63, 3.8) is 0 Å². The number of rotatable bonds is 11. The molecule has 0 heterocycles. The summed E-state index contributed by atoms with van der Waals surface area (Å²) in [5.74, 6) is 0. The van der Waals surface area contributed by atoms with Crippen LogP contribution in [-0.2, 0) is 21.3 Å². The van der Waals surface area contributed by atoms with E-state index in [4.69, 9.17) is 4.84 Å². The van der Waals surface area contributed by atoms with Crippen LogP contribution in [0.1, 0.15) is 40.2 Å². The van der Waals surface area contributed by atoms with Crippen LogP contribution in [0.4, 0.5) is 10.5 Å². The third-order valence-electron chi connectivity index (χ3n) is 5.25. The highest BCUT2D eigenvalue weighted by molar-refractivity contribution is 7.89. The molecular weight excluding hydrogens is 490 g/mol. The van der Waals surface area contributed by atoms with Crippen LogP contribution in [0.3, 0.4) is 0 Å². The third-order valence-corrected chi connectivity index (χ3v) is 6.87. The smallest absolute Gasteiger partial charge is 0.408 e. The first kappa shape index (κ1) is 29.2. The van der Waals surface area contributed by atoms with E-state index in [9.17, 15) is 33.5 Å². The molecule has 2 atom stereocenters. The number of hydrogen-bond donors (Lipinski definition) is 2. The van der Waals surface area contributed by atoms with Crippen LogP contribution in [0.25, 0.3) is 0 Å². The maximum absolute atomic E-state index is 13.4. The first-order chi connectivity index (χ1) is 16.6. The Morgan fingerprint density at radius 2 is 1.72 bits per heavy atom. The minimum Gasteiger partial charge on any atom is -0.465 e. The third kappa shape index (κ3) is 7.47. The predicted octanol–water partition coefficient (Wildman–Crippen LogP) is 3.68. The van der Waals surface area contributed by atoms with Gasteiger partial charge in [0.25, 0.3) is 15.7 Å². The first-order valence-electron chi connectivity index (χ1n) is 11.3. The minimum atomic E-state index is -4.45. The highest BCUT2D eigenvalue weighted by atomic mass is 32.2. The number of nitro groups is 1. The standard InChI is InChI=1S/C24H33N3O8S/c1-17(2)35-25(36(33,34)20-13-9-12-19(15-20)27(31)32)16-22(28)21(14-18-10-7-6-8-11-18)26(23(29)30)24(3,4)5/h6-13,15,17,21-22,28H,14,16H2,1-5H3,(H,29,30)/t21-,22+/m0/s1. The van der Waals surface area contributed by atoms with Crippen LogP contribution in [0.5, 0.6) is 0 Å². The molecule has 0 fully saturated rings. The second kappa shape index (κ2) is 11.8. The Morgan fingerprint density at radius 1 is 1.11 bits per heavy atom. The Bertz CT molecular complexity index is 1150. The van der Waals surface area contributed by atoms with Crippen molar-refractivity contribution in [2.75, 3.05) is 6.54 Å². The lowest BCUT2D eigenvalue weighted by Gasteiger charge is -2.42. The number of amides is 1. The van der Waals surface area contributed by atoms with E-state index in [0.717, 1.165) is 22.6 Å². The SMILES string of the molecule is CC(C)ON(C[C@@H](O)[C@H](Cc1ccccc1)N(C(=O)O)C(C)(C)C)S(=O)(=O)c1cccc([N+](=O)[O-])c1. The number of nitro benzene ring substituents is 1. The van der Waals surface area contributed by atoms with E-state index in [1.54, 1.807) is 65.0 Å². The van der Waals surface area contributed by atoms with Crippen molar-refractivity contribution in [1.29, 1.82) is 0 Å². The van der Waals surface area contributed by atoms with Gasteiger partial charge in [-0.15, -0.1) is 0 Å². The van der Waals surface area contributed by atoms with Gasteiger partial charge < -0.3 is 10.2 Å². The molecule has 0 aliphatic rings. The number of hydroxylamine groups is 1. The van der Waals surface area contributed by atoms with Gasteiger partial charge in [-0.2, -0.15) is 0 Å². The topological polar surface area (TPSA) is 151 Å². The molecule has 0 spiro atoms. The summed E-state index contributed by atoms with van der Waals surface area (Å²) in [5, 5.41) is 32.4. The van der Waals surface area contributed by atoms with Crippen LogP contribution in [0.2, 0.25) is 0 Å². The van der Waals surface area contributed by atoms with Crippen molar-refractivity contribution in [3.05, 3.63) is 70.3 Å². The van der Waals surface area contributed by atoms with Crippen LogP contribution in [0, 0.1) is 10.1 Å². The summed E-state index contributed by atoms with van der Waals surface area (Å²) < 4.78 is 27.4. The summed E-state index contributed by atoms with van der Waals surface area (Å²) in [7, 11) is -4.45. The zero-order valence-electron chi connectivity index (χ0n) is 20.9. The molecule has 0 aliphatic heterocycles. The van der Waals surface area contributed by atoms with Crippen molar-refractivity contribution >= 4 is 21.8 Å². The van der Waals surface area contributed by atoms with E-state index >= 15 is 0 Å². The normalized spacial score (nSPS) is 14.0. The van der Waals surface area contributed by atoms with E-state index in [2.05, 4.69) is 0 Å². The number of non-ortho nitro benzene ring substituents is 1. The molecule has 12 heteroatoms. The number of carboxylic acid groups (broad SMARTS) is 1.